The van der Waals surface area contributed by atoms with Gasteiger partial charge in [0.25, 0.3) is 0 Å². The molecule has 7 aliphatic carbocycles. The van der Waals surface area contributed by atoms with Crippen LogP contribution in [0.1, 0.15) is 79.7 Å². The topological polar surface area (TPSA) is 59.1 Å². The molecule has 2 aliphatic heterocycles. The first-order valence-corrected chi connectivity index (χ1v) is 23.1. The van der Waals surface area contributed by atoms with E-state index in [0.29, 0.717) is 0 Å². The highest BCUT2D eigenvalue weighted by Gasteiger charge is 2.55. The van der Waals surface area contributed by atoms with Crippen molar-refractivity contribution >= 4 is 28.7 Å². The van der Waals surface area contributed by atoms with Gasteiger partial charge < -0.3 is 14.5 Å². The number of allylic oxidation sites excluding steroid dienone is 14. The van der Waals surface area contributed by atoms with E-state index < -0.39 is 5.41 Å². The first kappa shape index (κ1) is 36.9. The minimum atomic E-state index is -0.421. The summed E-state index contributed by atoms with van der Waals surface area (Å²) in [5, 5.41) is 4.97. The molecule has 3 aromatic carbocycles. The number of furan rings is 1. The van der Waals surface area contributed by atoms with E-state index >= 15 is 0 Å². The average Bonchev–Trinajstić information content (AvgIpc) is 3.88. The molecule has 1 N–H and O–H groups in total. The van der Waals surface area contributed by atoms with Crippen LogP contribution in [-0.2, 0) is 10.2 Å². The lowest BCUT2D eigenvalue weighted by atomic mass is 9.60. The van der Waals surface area contributed by atoms with Crippen molar-refractivity contribution in [2.75, 3.05) is 0 Å². The van der Waals surface area contributed by atoms with E-state index in [1.807, 2.05) is 0 Å². The van der Waals surface area contributed by atoms with Crippen LogP contribution in [0.25, 0.3) is 28.2 Å². The van der Waals surface area contributed by atoms with Crippen LogP contribution in [0, 0.1) is 11.8 Å². The summed E-state index contributed by atoms with van der Waals surface area (Å²) in [6.45, 7) is 0. The maximum atomic E-state index is 7.36. The van der Waals surface area contributed by atoms with Crippen molar-refractivity contribution < 1.29 is 9.15 Å². The van der Waals surface area contributed by atoms with Crippen LogP contribution < -0.4 is 5.32 Å². The van der Waals surface area contributed by atoms with Crippen molar-refractivity contribution in [3.63, 3.8) is 0 Å². The molecule has 63 heavy (non-hydrogen) atoms. The molecule has 0 saturated carbocycles. The lowest BCUT2D eigenvalue weighted by Gasteiger charge is -2.48. The number of benzene rings is 3. The van der Waals surface area contributed by atoms with E-state index in [0.717, 1.165) is 85.7 Å². The standard InChI is InChI=1S/C58H49N3O2/c1-2-16-37(17-3-1)55-59-56(38-34-32-36(33-35-38)39-23-14-24-45-43-21-8-12-30-51(43)62-53(39)45)61-57(60-55)46-22-5-4-18-40(46)44-25-15-29-50-54(44)63-52-31-13-11-28-49(52)58(50)47-26-9-6-19-41(47)42-20-7-10-27-48(42)58/h2,4,6-21,24,26-30,32-34,38-39,44,52,57H,1,3,5,22-23,25,31,35H2,(H,59,60,61). The Hall–Kier alpha value is -6.72. The van der Waals surface area contributed by atoms with Crippen LogP contribution in [0.4, 0.5) is 0 Å². The third-order valence-electron chi connectivity index (χ3n) is 14.9. The number of ether oxygens (including phenoxy) is 1. The number of hydrogen-bond acceptors (Lipinski definition) is 5. The van der Waals surface area contributed by atoms with Crippen LogP contribution in [0.2, 0.25) is 0 Å². The highest BCUT2D eigenvalue weighted by atomic mass is 16.5. The summed E-state index contributed by atoms with van der Waals surface area (Å²) in [7, 11) is 0. The van der Waals surface area contributed by atoms with E-state index in [2.05, 4.69) is 169 Å². The van der Waals surface area contributed by atoms with Crippen molar-refractivity contribution in [3.05, 3.63) is 220 Å². The van der Waals surface area contributed by atoms with Crippen molar-refractivity contribution in [1.82, 2.24) is 5.32 Å². The largest absolute Gasteiger partial charge is 0.489 e. The summed E-state index contributed by atoms with van der Waals surface area (Å²) in [5.74, 6) is 4.46. The van der Waals surface area contributed by atoms with E-state index in [1.165, 1.54) is 61.1 Å². The van der Waals surface area contributed by atoms with E-state index in [9.17, 15) is 0 Å². The molecule has 9 aliphatic rings. The van der Waals surface area contributed by atoms with Crippen LogP contribution in [0.15, 0.2) is 211 Å². The molecule has 0 saturated heterocycles. The summed E-state index contributed by atoms with van der Waals surface area (Å²) in [4.78, 5) is 11.1. The molecule has 0 radical (unpaired) electrons. The third-order valence-corrected chi connectivity index (χ3v) is 14.9. The van der Waals surface area contributed by atoms with E-state index in [4.69, 9.17) is 19.1 Å². The van der Waals surface area contributed by atoms with Gasteiger partial charge >= 0.3 is 0 Å². The number of rotatable bonds is 5. The van der Waals surface area contributed by atoms with Gasteiger partial charge in [0.1, 0.15) is 34.9 Å². The number of fused-ring (bicyclic) bond motifs is 11. The number of amidine groups is 2. The third kappa shape index (κ3) is 5.68. The Morgan fingerprint density at radius 1 is 0.683 bits per heavy atom. The zero-order valence-corrected chi connectivity index (χ0v) is 35.3. The Morgan fingerprint density at radius 2 is 1.49 bits per heavy atom. The van der Waals surface area contributed by atoms with Crippen LogP contribution in [0.3, 0.4) is 0 Å². The van der Waals surface area contributed by atoms with E-state index in [-0.39, 0.29) is 30.0 Å². The second-order valence-corrected chi connectivity index (χ2v) is 18.2. The number of aliphatic imine (C=N–C) groups is 2. The summed E-state index contributed by atoms with van der Waals surface area (Å²) >= 11 is 0. The quantitative estimate of drug-likeness (QED) is 0.218. The molecule has 13 rings (SSSR count). The van der Waals surface area contributed by atoms with Crippen molar-refractivity contribution in [2.24, 2.45) is 21.8 Å². The Balaban J connectivity index is 0.899. The summed E-state index contributed by atoms with van der Waals surface area (Å²) < 4.78 is 13.9. The van der Waals surface area contributed by atoms with Crippen LogP contribution in [-0.4, -0.2) is 23.9 Å². The van der Waals surface area contributed by atoms with Gasteiger partial charge in [-0.1, -0.05) is 158 Å². The molecule has 1 aromatic heterocycles. The second-order valence-electron chi connectivity index (χ2n) is 18.2. The maximum absolute atomic E-state index is 7.36. The molecule has 3 heterocycles. The first-order chi connectivity index (χ1) is 31.2. The van der Waals surface area contributed by atoms with Gasteiger partial charge in [-0.2, -0.15) is 0 Å². The highest BCUT2D eigenvalue weighted by molar-refractivity contribution is 6.13. The first-order valence-electron chi connectivity index (χ1n) is 23.1. The minimum absolute atomic E-state index is 0.0455. The van der Waals surface area contributed by atoms with Crippen molar-refractivity contribution in [2.45, 2.75) is 75.0 Å². The Kier molecular flexibility index (Phi) is 8.60. The normalized spacial score (nSPS) is 27.0. The molecule has 4 aromatic rings. The molecule has 5 heteroatoms. The molecule has 5 atom stereocenters. The van der Waals surface area contributed by atoms with Gasteiger partial charge in [0, 0.05) is 46.3 Å². The lowest BCUT2D eigenvalue weighted by Crippen LogP contribution is -2.44. The number of nitrogens with one attached hydrogen (secondary N) is 1. The van der Waals surface area contributed by atoms with Gasteiger partial charge in [0.05, 0.1) is 5.41 Å². The second kappa shape index (κ2) is 14.7. The van der Waals surface area contributed by atoms with E-state index in [1.54, 1.807) is 0 Å². The molecule has 0 fully saturated rings. The molecule has 1 spiro atoms. The molecular formula is C58H49N3O2. The molecule has 5 unspecified atom stereocenters. The monoisotopic (exact) mass is 819 g/mol. The summed E-state index contributed by atoms with van der Waals surface area (Å²) in [6.07, 6.45) is 42.0. The fraction of sp³-hybridized carbons (Fsp3) is 0.241. The van der Waals surface area contributed by atoms with Crippen molar-refractivity contribution in [3.8, 4) is 11.1 Å². The zero-order chi connectivity index (χ0) is 41.5. The lowest BCUT2D eigenvalue weighted by molar-refractivity contribution is 0.0980. The number of nitrogens with zero attached hydrogens (tertiary/aromatic N) is 2. The van der Waals surface area contributed by atoms with Gasteiger partial charge in [-0.25, -0.2) is 9.98 Å². The SMILES string of the molecule is C1=CCC2OC3=C(C=CCC3C3=C(C4N=C(C5=CCCC=C5)NC(C5C=CC(C6CC=Cc7c6oc6ccccc76)=CC5)=N4)CCC=C3)C3(C2=C1)c1ccccc1-c1ccccc13. The van der Waals surface area contributed by atoms with Gasteiger partial charge in [0.15, 0.2) is 6.17 Å². The predicted octanol–water partition coefficient (Wildman–Crippen LogP) is 13.2. The predicted molar refractivity (Wildman–Crippen MR) is 255 cm³/mol. The fourth-order valence-electron chi connectivity index (χ4n) is 12.1. The highest BCUT2D eigenvalue weighted by Crippen LogP contribution is 2.62. The molecule has 0 bridgehead atoms. The van der Waals surface area contributed by atoms with Gasteiger partial charge in [-0.15, -0.1) is 0 Å². The Morgan fingerprint density at radius 3 is 2.33 bits per heavy atom. The van der Waals surface area contributed by atoms with Gasteiger partial charge in [-0.3, -0.25) is 0 Å². The molecule has 5 nitrogen and oxygen atoms in total. The smallest absolute Gasteiger partial charge is 0.166 e. The fourth-order valence-corrected chi connectivity index (χ4v) is 12.1. The maximum Gasteiger partial charge on any atom is 0.166 e. The Bertz CT molecular complexity index is 3010. The zero-order valence-electron chi connectivity index (χ0n) is 35.3. The molecule has 0 amide bonds. The minimum Gasteiger partial charge on any atom is -0.489 e. The van der Waals surface area contributed by atoms with Crippen LogP contribution >= 0.6 is 0 Å². The summed E-state index contributed by atoms with van der Waals surface area (Å²) in [5.41, 5.74) is 14.8. The van der Waals surface area contributed by atoms with Crippen LogP contribution in [0.5, 0.6) is 0 Å². The van der Waals surface area contributed by atoms with Crippen molar-refractivity contribution in [1.29, 1.82) is 0 Å². The average molecular weight is 820 g/mol. The van der Waals surface area contributed by atoms with Gasteiger partial charge in [0.2, 0.25) is 0 Å². The van der Waals surface area contributed by atoms with Gasteiger partial charge in [-0.05, 0) is 95.6 Å². The molecular weight excluding hydrogens is 771 g/mol. The molecule has 308 valence electrons. The summed E-state index contributed by atoms with van der Waals surface area (Å²) in [6, 6.07) is 26.5. The number of para-hydroxylation sites is 1. The number of hydrogen-bond donors (Lipinski definition) is 1. The Labute approximate surface area is 369 Å².